The fourth-order valence-corrected chi connectivity index (χ4v) is 2.69. The number of hydrogen-bond donors (Lipinski definition) is 1. The monoisotopic (exact) mass is 290 g/mol. The molecule has 1 aliphatic heterocycles. The molecule has 0 bridgehead atoms. The highest BCUT2D eigenvalue weighted by Gasteiger charge is 2.10. The van der Waals surface area contributed by atoms with Crippen LogP contribution in [0.5, 0.6) is 5.75 Å². The first-order chi connectivity index (χ1) is 10.2. The lowest BCUT2D eigenvalue weighted by Crippen LogP contribution is -2.21. The van der Waals surface area contributed by atoms with Crippen molar-refractivity contribution >= 4 is 0 Å². The molecule has 0 amide bonds. The molecule has 2 rings (SSSR count). The predicted octanol–water partition coefficient (Wildman–Crippen LogP) is 3.30. The molecule has 1 aromatic carbocycles. The van der Waals surface area contributed by atoms with E-state index in [9.17, 15) is 0 Å². The number of nitrogens with zero attached hydrogens (tertiary/aromatic N) is 1. The molecule has 0 aromatic heterocycles. The summed E-state index contributed by atoms with van der Waals surface area (Å²) in [6.07, 6.45) is 3.86. The maximum Gasteiger partial charge on any atom is 0.119 e. The van der Waals surface area contributed by atoms with Gasteiger partial charge in [0.25, 0.3) is 0 Å². The zero-order chi connectivity index (χ0) is 14.9. The summed E-state index contributed by atoms with van der Waals surface area (Å²) in [7, 11) is 0. The standard InChI is InChI=1S/C18H30N2O/c1-16(2)14-19-15-17-6-8-18(9-7-17)21-13-5-12-20-10-3-4-11-20/h6-9,16,19H,3-5,10-15H2,1-2H3. The van der Waals surface area contributed by atoms with Crippen molar-refractivity contribution < 1.29 is 4.74 Å². The molecule has 1 saturated heterocycles. The van der Waals surface area contributed by atoms with Gasteiger partial charge in [-0.25, -0.2) is 0 Å². The summed E-state index contributed by atoms with van der Waals surface area (Å²) < 4.78 is 5.82. The Labute approximate surface area is 129 Å². The Hall–Kier alpha value is -1.06. The Morgan fingerprint density at radius 3 is 2.52 bits per heavy atom. The number of likely N-dealkylation sites (tertiary alicyclic amines) is 1. The van der Waals surface area contributed by atoms with Gasteiger partial charge in [-0.2, -0.15) is 0 Å². The van der Waals surface area contributed by atoms with Gasteiger partial charge >= 0.3 is 0 Å². The van der Waals surface area contributed by atoms with Crippen LogP contribution in [0.3, 0.4) is 0 Å². The fraction of sp³-hybridized carbons (Fsp3) is 0.667. The highest BCUT2D eigenvalue weighted by molar-refractivity contribution is 5.27. The van der Waals surface area contributed by atoms with Crippen LogP contribution >= 0.6 is 0 Å². The third-order valence-electron chi connectivity index (χ3n) is 3.89. The largest absolute Gasteiger partial charge is 0.494 e. The normalized spacial score (nSPS) is 15.8. The van der Waals surface area contributed by atoms with Crippen LogP contribution in [0.4, 0.5) is 0 Å². The molecular weight excluding hydrogens is 260 g/mol. The summed E-state index contributed by atoms with van der Waals surface area (Å²) >= 11 is 0. The van der Waals surface area contributed by atoms with Crippen molar-refractivity contribution in [3.8, 4) is 5.75 Å². The molecule has 118 valence electrons. The van der Waals surface area contributed by atoms with E-state index in [4.69, 9.17) is 4.74 Å². The zero-order valence-corrected chi connectivity index (χ0v) is 13.6. The molecular formula is C18H30N2O. The summed E-state index contributed by atoms with van der Waals surface area (Å²) in [6.45, 7) is 11.0. The maximum atomic E-state index is 5.82. The molecule has 0 aliphatic carbocycles. The van der Waals surface area contributed by atoms with Crippen LogP contribution in [0.15, 0.2) is 24.3 Å². The van der Waals surface area contributed by atoms with E-state index in [-0.39, 0.29) is 0 Å². The van der Waals surface area contributed by atoms with Crippen LogP contribution in [0, 0.1) is 5.92 Å². The van der Waals surface area contributed by atoms with Crippen molar-refractivity contribution in [1.29, 1.82) is 0 Å². The topological polar surface area (TPSA) is 24.5 Å². The minimum atomic E-state index is 0.697. The molecule has 1 heterocycles. The molecule has 1 fully saturated rings. The predicted molar refractivity (Wildman–Crippen MR) is 88.8 cm³/mol. The first-order valence-electron chi connectivity index (χ1n) is 8.39. The van der Waals surface area contributed by atoms with Gasteiger partial charge in [0.2, 0.25) is 0 Å². The second-order valence-electron chi connectivity index (χ2n) is 6.42. The Kier molecular flexibility index (Phi) is 7.04. The van der Waals surface area contributed by atoms with E-state index in [0.717, 1.165) is 31.9 Å². The molecule has 1 aliphatic rings. The van der Waals surface area contributed by atoms with Gasteiger partial charge in [-0.1, -0.05) is 26.0 Å². The zero-order valence-electron chi connectivity index (χ0n) is 13.6. The summed E-state index contributed by atoms with van der Waals surface area (Å²) in [5.74, 6) is 1.69. The van der Waals surface area contributed by atoms with Crippen LogP contribution in [0.1, 0.15) is 38.7 Å². The van der Waals surface area contributed by atoms with Gasteiger partial charge in [0.15, 0.2) is 0 Å². The van der Waals surface area contributed by atoms with Crippen LogP contribution in [0.25, 0.3) is 0 Å². The Balaban J connectivity index is 1.60. The van der Waals surface area contributed by atoms with Crippen LogP contribution in [-0.4, -0.2) is 37.7 Å². The van der Waals surface area contributed by atoms with Crippen molar-refractivity contribution in [1.82, 2.24) is 10.2 Å². The third-order valence-corrected chi connectivity index (χ3v) is 3.89. The summed E-state index contributed by atoms with van der Waals surface area (Å²) in [4.78, 5) is 2.53. The number of hydrogen-bond acceptors (Lipinski definition) is 3. The van der Waals surface area contributed by atoms with Crippen molar-refractivity contribution in [3.63, 3.8) is 0 Å². The quantitative estimate of drug-likeness (QED) is 0.706. The van der Waals surface area contributed by atoms with Gasteiger partial charge in [0.05, 0.1) is 6.61 Å². The van der Waals surface area contributed by atoms with Gasteiger partial charge in [-0.3, -0.25) is 0 Å². The Bertz CT molecular complexity index is 383. The van der Waals surface area contributed by atoms with Crippen molar-refractivity contribution in [3.05, 3.63) is 29.8 Å². The summed E-state index contributed by atoms with van der Waals surface area (Å²) in [6, 6.07) is 8.48. The molecule has 0 radical (unpaired) electrons. The second-order valence-corrected chi connectivity index (χ2v) is 6.42. The molecule has 1 N–H and O–H groups in total. The molecule has 0 atom stereocenters. The smallest absolute Gasteiger partial charge is 0.119 e. The van der Waals surface area contributed by atoms with Gasteiger partial charge in [0.1, 0.15) is 5.75 Å². The van der Waals surface area contributed by atoms with E-state index in [1.165, 1.54) is 38.0 Å². The molecule has 21 heavy (non-hydrogen) atoms. The molecule has 0 unspecified atom stereocenters. The van der Waals surface area contributed by atoms with Crippen molar-refractivity contribution in [2.75, 3.05) is 32.8 Å². The highest BCUT2D eigenvalue weighted by Crippen LogP contribution is 2.13. The van der Waals surface area contributed by atoms with Gasteiger partial charge in [-0.05, 0) is 62.5 Å². The van der Waals surface area contributed by atoms with E-state index in [1.807, 2.05) is 0 Å². The Morgan fingerprint density at radius 1 is 1.14 bits per heavy atom. The summed E-state index contributed by atoms with van der Waals surface area (Å²) in [5, 5.41) is 3.46. The fourth-order valence-electron chi connectivity index (χ4n) is 2.69. The molecule has 0 spiro atoms. The van der Waals surface area contributed by atoms with Gasteiger partial charge in [-0.15, -0.1) is 0 Å². The lowest BCUT2D eigenvalue weighted by atomic mass is 10.2. The minimum Gasteiger partial charge on any atom is -0.494 e. The number of nitrogens with one attached hydrogen (secondary N) is 1. The average molecular weight is 290 g/mol. The highest BCUT2D eigenvalue weighted by atomic mass is 16.5. The van der Waals surface area contributed by atoms with E-state index >= 15 is 0 Å². The lowest BCUT2D eigenvalue weighted by molar-refractivity contribution is 0.263. The molecule has 0 saturated carbocycles. The van der Waals surface area contributed by atoms with Crippen LogP contribution in [-0.2, 0) is 6.54 Å². The van der Waals surface area contributed by atoms with Crippen LogP contribution < -0.4 is 10.1 Å². The van der Waals surface area contributed by atoms with E-state index in [0.29, 0.717) is 5.92 Å². The minimum absolute atomic E-state index is 0.697. The lowest BCUT2D eigenvalue weighted by Gasteiger charge is -2.14. The van der Waals surface area contributed by atoms with E-state index in [1.54, 1.807) is 0 Å². The average Bonchev–Trinajstić information content (AvgIpc) is 2.98. The van der Waals surface area contributed by atoms with Crippen molar-refractivity contribution in [2.45, 2.75) is 39.7 Å². The molecule has 3 nitrogen and oxygen atoms in total. The third kappa shape index (κ3) is 6.49. The summed E-state index contributed by atoms with van der Waals surface area (Å²) in [5.41, 5.74) is 1.32. The first kappa shape index (κ1) is 16.3. The molecule has 3 heteroatoms. The van der Waals surface area contributed by atoms with Crippen LogP contribution in [0.2, 0.25) is 0 Å². The second kappa shape index (κ2) is 9.06. The maximum absolute atomic E-state index is 5.82. The van der Waals surface area contributed by atoms with Gasteiger partial charge < -0.3 is 15.0 Å². The molecule has 1 aromatic rings. The SMILES string of the molecule is CC(C)CNCc1ccc(OCCCN2CCCC2)cc1. The van der Waals surface area contributed by atoms with Crippen molar-refractivity contribution in [2.24, 2.45) is 5.92 Å². The number of rotatable bonds is 9. The van der Waals surface area contributed by atoms with E-state index in [2.05, 4.69) is 48.3 Å². The Morgan fingerprint density at radius 2 is 1.86 bits per heavy atom. The first-order valence-corrected chi connectivity index (χ1v) is 8.39. The van der Waals surface area contributed by atoms with E-state index < -0.39 is 0 Å². The number of benzene rings is 1. The number of ether oxygens (including phenoxy) is 1. The van der Waals surface area contributed by atoms with Gasteiger partial charge in [0, 0.05) is 13.1 Å².